The molecule has 5 nitrogen and oxygen atoms in total. The lowest BCUT2D eigenvalue weighted by Crippen LogP contribution is -2.32. The van der Waals surface area contributed by atoms with Gasteiger partial charge in [0.2, 0.25) is 10.0 Å². The van der Waals surface area contributed by atoms with Crippen molar-refractivity contribution in [2.75, 3.05) is 19.3 Å². The molecule has 1 aliphatic heterocycles. The molecule has 178 valence electrons. The van der Waals surface area contributed by atoms with Crippen molar-refractivity contribution < 1.29 is 26.3 Å². The molecule has 0 bridgehead atoms. The van der Waals surface area contributed by atoms with Crippen molar-refractivity contribution in [1.29, 1.82) is 0 Å². The van der Waals surface area contributed by atoms with Gasteiger partial charge >= 0.3 is 6.36 Å². The molecule has 1 saturated heterocycles. The summed E-state index contributed by atoms with van der Waals surface area (Å²) < 4.78 is 66.1. The van der Waals surface area contributed by atoms with Crippen LogP contribution in [0.25, 0.3) is 0 Å². The largest absolute Gasteiger partial charge is 0.573 e. The number of ether oxygens (including phenoxy) is 1. The van der Waals surface area contributed by atoms with E-state index in [-0.39, 0.29) is 24.2 Å². The van der Waals surface area contributed by atoms with Gasteiger partial charge in [-0.2, -0.15) is 0 Å². The number of halogens is 4. The molecule has 0 unspecified atom stereocenters. The molecule has 1 aliphatic rings. The zero-order valence-corrected chi connectivity index (χ0v) is 19.6. The Hall–Kier alpha value is -1.81. The fourth-order valence-corrected chi connectivity index (χ4v) is 4.70. The summed E-state index contributed by atoms with van der Waals surface area (Å²) >= 11 is 0. The number of rotatable bonds is 7. The van der Waals surface area contributed by atoms with Crippen molar-refractivity contribution in [3.63, 3.8) is 0 Å². The van der Waals surface area contributed by atoms with Crippen molar-refractivity contribution in [2.45, 2.75) is 44.6 Å². The van der Waals surface area contributed by atoms with Gasteiger partial charge in [0.25, 0.3) is 0 Å². The standard InChI is InChI=1S/C22H27F3N2O3S.ClH/c1-16(26-31(2,28)29)18-5-3-17(4-6-18)15-27-13-11-20(12-14-27)19-7-9-21(10-8-19)30-22(23,24)25;/h3-10,16,20,26H,11-15H2,1-2H3;1H/t16-;/m1./s1. The Kier molecular flexibility index (Phi) is 8.98. The molecule has 2 aromatic carbocycles. The number of sulfonamides is 1. The Morgan fingerprint density at radius 1 is 1.06 bits per heavy atom. The number of piperidine rings is 1. The van der Waals surface area contributed by atoms with Crippen LogP contribution in [0, 0.1) is 0 Å². The fraction of sp³-hybridized carbons (Fsp3) is 0.455. The minimum absolute atomic E-state index is 0. The molecule has 0 radical (unpaired) electrons. The summed E-state index contributed by atoms with van der Waals surface area (Å²) in [6, 6.07) is 13.8. The lowest BCUT2D eigenvalue weighted by Gasteiger charge is -2.32. The molecule has 1 N–H and O–H groups in total. The highest BCUT2D eigenvalue weighted by Gasteiger charge is 2.31. The lowest BCUT2D eigenvalue weighted by molar-refractivity contribution is -0.274. The van der Waals surface area contributed by atoms with E-state index in [1.165, 1.54) is 12.1 Å². The van der Waals surface area contributed by atoms with Gasteiger partial charge in [0.15, 0.2) is 0 Å². The predicted molar refractivity (Wildman–Crippen MR) is 120 cm³/mol. The maximum absolute atomic E-state index is 12.3. The summed E-state index contributed by atoms with van der Waals surface area (Å²) in [6.45, 7) is 4.42. The fourth-order valence-electron chi connectivity index (χ4n) is 3.93. The van der Waals surface area contributed by atoms with E-state index in [9.17, 15) is 21.6 Å². The van der Waals surface area contributed by atoms with Crippen LogP contribution in [0.3, 0.4) is 0 Å². The maximum atomic E-state index is 12.3. The van der Waals surface area contributed by atoms with Crippen LogP contribution in [-0.2, 0) is 16.6 Å². The van der Waals surface area contributed by atoms with E-state index in [0.717, 1.165) is 55.4 Å². The van der Waals surface area contributed by atoms with Gasteiger partial charge in [-0.3, -0.25) is 4.90 Å². The molecule has 0 saturated carbocycles. The minimum Gasteiger partial charge on any atom is -0.406 e. The second-order valence-electron chi connectivity index (χ2n) is 8.02. The van der Waals surface area contributed by atoms with Crippen LogP contribution in [0.15, 0.2) is 48.5 Å². The minimum atomic E-state index is -4.67. The van der Waals surface area contributed by atoms with Crippen molar-refractivity contribution in [2.24, 2.45) is 0 Å². The molecule has 2 aromatic rings. The van der Waals surface area contributed by atoms with Gasteiger partial charge in [-0.25, -0.2) is 13.1 Å². The molecule has 0 aromatic heterocycles. The van der Waals surface area contributed by atoms with Crippen LogP contribution >= 0.6 is 12.4 Å². The summed E-state index contributed by atoms with van der Waals surface area (Å²) in [6.07, 6.45) is -1.65. The number of nitrogens with one attached hydrogen (secondary N) is 1. The average molecular weight is 493 g/mol. The molecule has 1 fully saturated rings. The topological polar surface area (TPSA) is 58.6 Å². The maximum Gasteiger partial charge on any atom is 0.573 e. The van der Waals surface area contributed by atoms with E-state index in [1.54, 1.807) is 12.1 Å². The lowest BCUT2D eigenvalue weighted by atomic mass is 9.89. The third-order valence-electron chi connectivity index (χ3n) is 5.45. The van der Waals surface area contributed by atoms with Crippen molar-refractivity contribution >= 4 is 22.4 Å². The SMILES string of the molecule is C[C@@H](NS(C)(=O)=O)c1ccc(CN2CCC(c3ccc(OC(F)(F)F)cc3)CC2)cc1.Cl. The van der Waals surface area contributed by atoms with Crippen LogP contribution < -0.4 is 9.46 Å². The van der Waals surface area contributed by atoms with Gasteiger partial charge in [-0.05, 0) is 67.6 Å². The Morgan fingerprint density at radius 2 is 1.62 bits per heavy atom. The van der Waals surface area contributed by atoms with Gasteiger partial charge in [0, 0.05) is 12.6 Å². The molecule has 10 heteroatoms. The highest BCUT2D eigenvalue weighted by molar-refractivity contribution is 7.88. The number of benzene rings is 2. The summed E-state index contributed by atoms with van der Waals surface area (Å²) in [5, 5.41) is 0. The van der Waals surface area contributed by atoms with Gasteiger partial charge in [-0.1, -0.05) is 36.4 Å². The Labute approximate surface area is 193 Å². The first-order chi connectivity index (χ1) is 14.5. The number of hydrogen-bond acceptors (Lipinski definition) is 4. The van der Waals surface area contributed by atoms with E-state index < -0.39 is 16.4 Å². The van der Waals surface area contributed by atoms with E-state index in [4.69, 9.17) is 0 Å². The van der Waals surface area contributed by atoms with E-state index >= 15 is 0 Å². The van der Waals surface area contributed by atoms with E-state index in [0.29, 0.717) is 5.92 Å². The second kappa shape index (κ2) is 10.9. The van der Waals surface area contributed by atoms with Crippen molar-refractivity contribution in [1.82, 2.24) is 9.62 Å². The molecule has 0 aliphatic carbocycles. The highest BCUT2D eigenvalue weighted by atomic mass is 35.5. The predicted octanol–water partition coefficient (Wildman–Crippen LogP) is 5.00. The van der Waals surface area contributed by atoms with Crippen LogP contribution in [0.2, 0.25) is 0 Å². The Bertz CT molecular complexity index is 959. The van der Waals surface area contributed by atoms with E-state index in [2.05, 4.69) is 14.4 Å². The summed E-state index contributed by atoms with van der Waals surface area (Å²) in [7, 11) is -3.26. The highest BCUT2D eigenvalue weighted by Crippen LogP contribution is 2.31. The number of hydrogen-bond donors (Lipinski definition) is 1. The molecular formula is C22H28ClF3N2O3S. The third kappa shape index (κ3) is 8.27. The Balaban J connectivity index is 0.00000363. The number of alkyl halides is 3. The molecular weight excluding hydrogens is 465 g/mol. The molecule has 1 atom stereocenters. The van der Waals surface area contributed by atoms with Crippen LogP contribution in [0.5, 0.6) is 5.75 Å². The van der Waals surface area contributed by atoms with Gasteiger partial charge in [0.1, 0.15) is 5.75 Å². The van der Waals surface area contributed by atoms with Crippen LogP contribution in [0.1, 0.15) is 48.4 Å². The molecule has 3 rings (SSSR count). The normalized spacial score (nSPS) is 16.9. The number of nitrogens with zero attached hydrogens (tertiary/aromatic N) is 1. The molecule has 32 heavy (non-hydrogen) atoms. The van der Waals surface area contributed by atoms with E-state index in [1.807, 2.05) is 31.2 Å². The van der Waals surface area contributed by atoms with Crippen molar-refractivity contribution in [3.8, 4) is 5.75 Å². The summed E-state index contributed by atoms with van der Waals surface area (Å²) in [5.41, 5.74) is 3.10. The Morgan fingerprint density at radius 3 is 2.12 bits per heavy atom. The first-order valence-corrected chi connectivity index (χ1v) is 12.0. The zero-order valence-electron chi connectivity index (χ0n) is 17.9. The quantitative estimate of drug-likeness (QED) is 0.591. The summed E-state index contributed by atoms with van der Waals surface area (Å²) in [5.74, 6) is 0.125. The summed E-state index contributed by atoms with van der Waals surface area (Å²) in [4.78, 5) is 2.35. The third-order valence-corrected chi connectivity index (χ3v) is 6.23. The molecule has 1 heterocycles. The van der Waals surface area contributed by atoms with Crippen molar-refractivity contribution in [3.05, 3.63) is 65.2 Å². The van der Waals surface area contributed by atoms with Gasteiger partial charge in [0.05, 0.1) is 6.26 Å². The second-order valence-corrected chi connectivity index (χ2v) is 9.80. The van der Waals surface area contributed by atoms with Gasteiger partial charge in [-0.15, -0.1) is 25.6 Å². The van der Waals surface area contributed by atoms with Crippen LogP contribution in [-0.4, -0.2) is 39.0 Å². The van der Waals surface area contributed by atoms with Crippen LogP contribution in [0.4, 0.5) is 13.2 Å². The zero-order chi connectivity index (χ0) is 22.6. The molecule has 0 spiro atoms. The molecule has 0 amide bonds. The monoisotopic (exact) mass is 492 g/mol. The number of likely N-dealkylation sites (tertiary alicyclic amines) is 1. The first kappa shape index (κ1) is 26.4. The smallest absolute Gasteiger partial charge is 0.406 e. The van der Waals surface area contributed by atoms with Gasteiger partial charge < -0.3 is 4.74 Å². The average Bonchev–Trinajstić information content (AvgIpc) is 2.67. The first-order valence-electron chi connectivity index (χ1n) is 10.1.